The van der Waals surface area contributed by atoms with Crippen molar-refractivity contribution in [3.63, 3.8) is 0 Å². The van der Waals surface area contributed by atoms with Crippen LogP contribution in [0.3, 0.4) is 0 Å². The molecule has 0 spiro atoms. The van der Waals surface area contributed by atoms with Gasteiger partial charge < -0.3 is 10.1 Å². The van der Waals surface area contributed by atoms with Crippen molar-refractivity contribution in [2.45, 2.75) is 45.1 Å². The fraction of sp³-hybridized carbons (Fsp3) is 0.308. The highest BCUT2D eigenvalue weighted by atomic mass is 19.4. The molecule has 0 aliphatic carbocycles. The van der Waals surface area contributed by atoms with Crippen LogP contribution in [0.5, 0.6) is 5.75 Å². The number of aromatic nitrogens is 1. The van der Waals surface area contributed by atoms with Crippen LogP contribution < -0.4 is 10.1 Å². The van der Waals surface area contributed by atoms with Gasteiger partial charge in [0.1, 0.15) is 11.6 Å². The summed E-state index contributed by atoms with van der Waals surface area (Å²) < 4.78 is 41.6. The number of nitrogens with zero attached hydrogens (tertiary/aromatic N) is 2. The van der Waals surface area contributed by atoms with Gasteiger partial charge in [-0.05, 0) is 67.3 Å². The lowest BCUT2D eigenvalue weighted by molar-refractivity contribution is -0.274. The van der Waals surface area contributed by atoms with Gasteiger partial charge in [0.2, 0.25) is 0 Å². The van der Waals surface area contributed by atoms with E-state index in [0.717, 1.165) is 42.5 Å². The molecule has 0 saturated carbocycles. The van der Waals surface area contributed by atoms with Crippen LogP contribution in [0.15, 0.2) is 66.9 Å². The summed E-state index contributed by atoms with van der Waals surface area (Å²) in [6.07, 6.45) is 0.226. The van der Waals surface area contributed by atoms with Crippen LogP contribution in [0.4, 0.5) is 19.0 Å². The molecule has 4 rings (SSSR count). The predicted octanol–water partition coefficient (Wildman–Crippen LogP) is 6.27. The molecule has 5 nitrogen and oxygen atoms in total. The monoisotopic (exact) mass is 469 g/mol. The second kappa shape index (κ2) is 10.3. The molecule has 0 bridgehead atoms. The van der Waals surface area contributed by atoms with Gasteiger partial charge in [0, 0.05) is 29.9 Å². The van der Waals surface area contributed by atoms with E-state index >= 15 is 0 Å². The number of nitrogens with one attached hydrogen (secondary N) is 1. The lowest BCUT2D eigenvalue weighted by Gasteiger charge is -2.25. The van der Waals surface area contributed by atoms with E-state index in [1.807, 2.05) is 12.1 Å². The topological polar surface area (TPSA) is 54.5 Å². The third-order valence-corrected chi connectivity index (χ3v) is 6.01. The number of alkyl halides is 3. The Balaban J connectivity index is 1.63. The van der Waals surface area contributed by atoms with Crippen molar-refractivity contribution in [1.82, 2.24) is 9.88 Å². The molecular weight excluding hydrogens is 443 g/mol. The van der Waals surface area contributed by atoms with E-state index in [2.05, 4.69) is 26.9 Å². The van der Waals surface area contributed by atoms with E-state index in [-0.39, 0.29) is 11.7 Å². The summed E-state index contributed by atoms with van der Waals surface area (Å²) in [4.78, 5) is 19.4. The average molecular weight is 470 g/mol. The number of benzene rings is 2. The number of likely N-dealkylation sites (tertiary alicyclic amines) is 1. The molecular formula is C26H26F3N3O2. The highest BCUT2D eigenvalue weighted by Crippen LogP contribution is 2.31. The molecule has 1 aliphatic rings. The third kappa shape index (κ3) is 5.94. The van der Waals surface area contributed by atoms with Crippen molar-refractivity contribution >= 4 is 11.7 Å². The Morgan fingerprint density at radius 3 is 2.56 bits per heavy atom. The molecule has 1 N–H and O–H groups in total. The number of hydrogen-bond donors (Lipinski definition) is 1. The number of carbonyl (C=O) groups excluding carboxylic acids is 1. The molecule has 1 fully saturated rings. The van der Waals surface area contributed by atoms with Crippen LogP contribution in [0.25, 0.3) is 11.1 Å². The molecule has 3 aromatic rings. The lowest BCUT2D eigenvalue weighted by atomic mass is 10.0. The molecule has 1 saturated heterocycles. The first-order chi connectivity index (χ1) is 16.3. The largest absolute Gasteiger partial charge is 0.573 e. The normalized spacial score (nSPS) is 16.4. The van der Waals surface area contributed by atoms with Crippen molar-refractivity contribution in [1.29, 1.82) is 0 Å². The first-order valence-electron chi connectivity index (χ1n) is 11.3. The molecule has 34 heavy (non-hydrogen) atoms. The molecule has 8 heteroatoms. The summed E-state index contributed by atoms with van der Waals surface area (Å²) in [6, 6.07) is 17.0. The van der Waals surface area contributed by atoms with Gasteiger partial charge in [-0.15, -0.1) is 13.2 Å². The maximum absolute atomic E-state index is 12.6. The maximum atomic E-state index is 12.6. The van der Waals surface area contributed by atoms with Gasteiger partial charge >= 0.3 is 6.36 Å². The summed E-state index contributed by atoms with van der Waals surface area (Å²) in [6.45, 7) is 3.80. The maximum Gasteiger partial charge on any atom is 0.573 e. The highest BCUT2D eigenvalue weighted by Gasteiger charge is 2.31. The number of anilines is 1. The van der Waals surface area contributed by atoms with Crippen molar-refractivity contribution in [2.24, 2.45) is 0 Å². The number of hydrogen-bond acceptors (Lipinski definition) is 4. The minimum atomic E-state index is -4.74. The molecule has 178 valence electrons. The molecule has 2 heterocycles. The predicted molar refractivity (Wildman–Crippen MR) is 124 cm³/mol. The zero-order chi connectivity index (χ0) is 24.1. The van der Waals surface area contributed by atoms with Crippen molar-refractivity contribution < 1.29 is 22.7 Å². The Labute approximate surface area is 196 Å². The van der Waals surface area contributed by atoms with E-state index in [1.54, 1.807) is 42.6 Å². The van der Waals surface area contributed by atoms with Crippen LogP contribution in [-0.2, 0) is 6.54 Å². The van der Waals surface area contributed by atoms with Crippen molar-refractivity contribution in [3.8, 4) is 16.9 Å². The number of carbonyl (C=O) groups is 1. The molecule has 1 aromatic heterocycles. The fourth-order valence-electron chi connectivity index (χ4n) is 4.35. The number of rotatable bonds is 7. The lowest BCUT2D eigenvalue weighted by Crippen LogP contribution is -2.28. The SMILES string of the molecule is CC[C@@H]1CCCN1Cc1cc(NC(=O)c2ccccc2)ncc1-c1ccc(OC(F)(F)F)cc1. The Bertz CT molecular complexity index is 1120. The van der Waals surface area contributed by atoms with Gasteiger partial charge in [0.25, 0.3) is 5.91 Å². The number of halogens is 3. The van der Waals surface area contributed by atoms with E-state index in [1.165, 1.54) is 12.1 Å². The van der Waals surface area contributed by atoms with E-state index in [4.69, 9.17) is 0 Å². The standard InChI is InChI=1S/C26H26F3N3O2/c1-2-21-9-6-14-32(21)17-20-15-24(31-25(33)19-7-4-3-5-8-19)30-16-23(20)18-10-12-22(13-11-18)34-26(27,28)29/h3-5,7-8,10-13,15-16,21H,2,6,9,14,17H2,1H3,(H,30,31,33)/t21-/m1/s1. The fourth-order valence-corrected chi connectivity index (χ4v) is 4.35. The number of pyridine rings is 1. The number of amides is 1. The van der Waals surface area contributed by atoms with Gasteiger partial charge in [0.05, 0.1) is 0 Å². The summed E-state index contributed by atoms with van der Waals surface area (Å²) in [5, 5.41) is 2.85. The van der Waals surface area contributed by atoms with Gasteiger partial charge in [-0.3, -0.25) is 9.69 Å². The van der Waals surface area contributed by atoms with Gasteiger partial charge in [-0.2, -0.15) is 0 Å². The Morgan fingerprint density at radius 2 is 1.88 bits per heavy atom. The van der Waals surface area contributed by atoms with Crippen LogP contribution in [-0.4, -0.2) is 34.7 Å². The van der Waals surface area contributed by atoms with Crippen LogP contribution in [0, 0.1) is 0 Å². The smallest absolute Gasteiger partial charge is 0.406 e. The Kier molecular flexibility index (Phi) is 7.17. The molecule has 2 aromatic carbocycles. The van der Waals surface area contributed by atoms with E-state index < -0.39 is 6.36 Å². The molecule has 0 radical (unpaired) electrons. The van der Waals surface area contributed by atoms with E-state index in [0.29, 0.717) is 24.0 Å². The first-order valence-corrected chi connectivity index (χ1v) is 11.3. The third-order valence-electron chi connectivity index (χ3n) is 6.01. The van der Waals surface area contributed by atoms with Gasteiger partial charge in [-0.25, -0.2) is 4.98 Å². The molecule has 0 unspecified atom stereocenters. The van der Waals surface area contributed by atoms with Gasteiger partial charge in [-0.1, -0.05) is 37.3 Å². The summed E-state index contributed by atoms with van der Waals surface area (Å²) in [5.74, 6) is -0.104. The van der Waals surface area contributed by atoms with E-state index in [9.17, 15) is 18.0 Å². The summed E-state index contributed by atoms with van der Waals surface area (Å²) in [5.41, 5.74) is 3.01. The molecule has 1 aliphatic heterocycles. The zero-order valence-corrected chi connectivity index (χ0v) is 18.8. The highest BCUT2D eigenvalue weighted by molar-refractivity contribution is 6.03. The quantitative estimate of drug-likeness (QED) is 0.443. The first kappa shape index (κ1) is 23.8. The van der Waals surface area contributed by atoms with Crippen molar-refractivity contribution in [2.75, 3.05) is 11.9 Å². The minimum Gasteiger partial charge on any atom is -0.406 e. The number of ether oxygens (including phenoxy) is 1. The van der Waals surface area contributed by atoms with Gasteiger partial charge in [0.15, 0.2) is 0 Å². The molecule has 1 amide bonds. The Hall–Kier alpha value is -3.39. The minimum absolute atomic E-state index is 0.256. The van der Waals surface area contributed by atoms with Crippen LogP contribution in [0.1, 0.15) is 42.1 Å². The van der Waals surface area contributed by atoms with Crippen LogP contribution >= 0.6 is 0 Å². The van der Waals surface area contributed by atoms with Crippen molar-refractivity contribution in [3.05, 3.63) is 78.0 Å². The zero-order valence-electron chi connectivity index (χ0n) is 18.8. The Morgan fingerprint density at radius 1 is 1.15 bits per heavy atom. The average Bonchev–Trinajstić information content (AvgIpc) is 3.26. The summed E-state index contributed by atoms with van der Waals surface area (Å²) in [7, 11) is 0. The van der Waals surface area contributed by atoms with Crippen LogP contribution in [0.2, 0.25) is 0 Å². The molecule has 1 atom stereocenters. The second-order valence-corrected chi connectivity index (χ2v) is 8.29. The second-order valence-electron chi connectivity index (χ2n) is 8.29. The summed E-state index contributed by atoms with van der Waals surface area (Å²) >= 11 is 0.